The van der Waals surface area contributed by atoms with Crippen LogP contribution in [0.4, 0.5) is 0 Å². The van der Waals surface area contributed by atoms with Crippen molar-refractivity contribution >= 4 is 0 Å². The molecule has 8 N–H and O–H groups in total. The summed E-state index contributed by atoms with van der Waals surface area (Å²) in [7, 11) is 2.74. The van der Waals surface area contributed by atoms with Gasteiger partial charge in [-0.25, -0.2) is 0 Å². The summed E-state index contributed by atoms with van der Waals surface area (Å²) >= 11 is 0. The van der Waals surface area contributed by atoms with E-state index in [0.717, 1.165) is 0 Å². The predicted octanol–water partition coefficient (Wildman–Crippen LogP) is -6.35. The molecule has 6 saturated heterocycles. The molecular formula is C26H42O19. The number of hydrogen-bond acceptors (Lipinski definition) is 19. The molecule has 0 aromatic rings. The van der Waals surface area contributed by atoms with Crippen LogP contribution in [0.5, 0.6) is 0 Å². The number of hydrogen-bond donors (Lipinski definition) is 8. The van der Waals surface area contributed by atoms with Crippen LogP contribution in [0.2, 0.25) is 0 Å². The van der Waals surface area contributed by atoms with Gasteiger partial charge in [0.15, 0.2) is 25.2 Å². The molecule has 20 atom stereocenters. The average molecular weight is 659 g/mol. The van der Waals surface area contributed by atoms with Crippen LogP contribution in [0.25, 0.3) is 0 Å². The van der Waals surface area contributed by atoms with Gasteiger partial charge in [0.1, 0.15) is 97.7 Å². The van der Waals surface area contributed by atoms with Crippen LogP contribution in [-0.4, -0.2) is 204 Å². The summed E-state index contributed by atoms with van der Waals surface area (Å²) in [6.45, 7) is -0.291. The maximum atomic E-state index is 11.2. The molecule has 6 rings (SSSR count). The van der Waals surface area contributed by atoms with Gasteiger partial charge in [-0.15, -0.1) is 0 Å². The fraction of sp³-hybridized carbons (Fsp3) is 1.00. The van der Waals surface area contributed by atoms with Gasteiger partial charge >= 0.3 is 0 Å². The van der Waals surface area contributed by atoms with Gasteiger partial charge in [-0.1, -0.05) is 0 Å². The summed E-state index contributed by atoms with van der Waals surface area (Å²) in [5.74, 6) is 0. The number of aliphatic hydroxyl groups is 8. The molecule has 19 heteroatoms. The van der Waals surface area contributed by atoms with Crippen molar-refractivity contribution in [2.75, 3.05) is 40.6 Å². The molecule has 45 heavy (non-hydrogen) atoms. The Balaban J connectivity index is 1.13. The molecule has 0 spiro atoms. The molecule has 4 bridgehead atoms. The lowest BCUT2D eigenvalue weighted by atomic mass is 9.96. The fourth-order valence-electron chi connectivity index (χ4n) is 6.58. The summed E-state index contributed by atoms with van der Waals surface area (Å²) in [5, 5.41) is 85.4. The summed E-state index contributed by atoms with van der Waals surface area (Å²) in [6.07, 6.45) is -26.0. The number of ether oxygens (including phenoxy) is 11. The SMILES string of the molecule is COCC1OC(O)C(O)C(OC2OC3COC(C2O)C3OC2OC(COC)C(O)C(OC3OC4COC(C4O)C3O)C2O)C1O. The third-order valence-electron chi connectivity index (χ3n) is 9.00. The molecule has 0 radical (unpaired) electrons. The molecule has 0 saturated carbocycles. The van der Waals surface area contributed by atoms with Crippen LogP contribution in [0.1, 0.15) is 0 Å². The van der Waals surface area contributed by atoms with E-state index in [9.17, 15) is 40.9 Å². The Hall–Kier alpha value is -0.760. The molecule has 0 aromatic carbocycles. The quantitative estimate of drug-likeness (QED) is 0.108. The standard InChI is InChI=1S/C26H42O19/c1-35-3-7-12(28)20(14(30)23(34)39-7)44-26-17(33)22-18(10(42-26)6-38-22)43-25-16(32)21(13(29)8(40-25)4-36-2)45-24-15(31)19-11(27)9(41-24)5-37-19/h7-34H,3-6H2,1-2H3. The van der Waals surface area contributed by atoms with Gasteiger partial charge in [0.05, 0.1) is 26.4 Å². The summed E-state index contributed by atoms with van der Waals surface area (Å²) in [6, 6.07) is 0. The van der Waals surface area contributed by atoms with Gasteiger partial charge < -0.3 is 93.0 Å². The van der Waals surface area contributed by atoms with Crippen molar-refractivity contribution in [2.24, 2.45) is 0 Å². The van der Waals surface area contributed by atoms with Crippen molar-refractivity contribution in [1.29, 1.82) is 0 Å². The molecule has 0 aliphatic carbocycles. The van der Waals surface area contributed by atoms with Gasteiger partial charge in [-0.3, -0.25) is 0 Å². The zero-order valence-electron chi connectivity index (χ0n) is 24.4. The lowest BCUT2D eigenvalue weighted by molar-refractivity contribution is -0.372. The Morgan fingerprint density at radius 1 is 0.489 bits per heavy atom. The largest absolute Gasteiger partial charge is 0.387 e. The molecule has 0 amide bonds. The highest BCUT2D eigenvalue weighted by Gasteiger charge is 2.58. The zero-order chi connectivity index (χ0) is 32.2. The minimum Gasteiger partial charge on any atom is -0.387 e. The van der Waals surface area contributed by atoms with Crippen LogP contribution >= 0.6 is 0 Å². The first kappa shape index (κ1) is 34.1. The van der Waals surface area contributed by atoms with Crippen molar-refractivity contribution in [2.45, 2.75) is 123 Å². The normalized spacial score (nSPS) is 54.8. The maximum absolute atomic E-state index is 11.2. The van der Waals surface area contributed by atoms with Gasteiger partial charge in [-0.05, 0) is 0 Å². The summed E-state index contributed by atoms with van der Waals surface area (Å²) in [4.78, 5) is 0. The lowest BCUT2D eigenvalue weighted by Gasteiger charge is -2.47. The molecule has 6 aliphatic rings. The highest BCUT2D eigenvalue weighted by Crippen LogP contribution is 2.38. The highest BCUT2D eigenvalue weighted by molar-refractivity contribution is 5.01. The van der Waals surface area contributed by atoms with E-state index in [-0.39, 0.29) is 26.4 Å². The van der Waals surface area contributed by atoms with Crippen LogP contribution < -0.4 is 0 Å². The van der Waals surface area contributed by atoms with Crippen LogP contribution in [0.15, 0.2) is 0 Å². The monoisotopic (exact) mass is 658 g/mol. The third kappa shape index (κ3) is 6.39. The van der Waals surface area contributed by atoms with Crippen molar-refractivity contribution in [3.05, 3.63) is 0 Å². The van der Waals surface area contributed by atoms with Crippen molar-refractivity contribution in [3.8, 4) is 0 Å². The number of methoxy groups -OCH3 is 2. The topological polar surface area (TPSA) is 263 Å². The molecule has 260 valence electrons. The molecule has 6 heterocycles. The van der Waals surface area contributed by atoms with Crippen molar-refractivity contribution in [3.63, 3.8) is 0 Å². The first-order valence-electron chi connectivity index (χ1n) is 14.8. The Bertz CT molecular complexity index is 979. The molecule has 20 unspecified atom stereocenters. The number of fused-ring (bicyclic) bond motifs is 4. The number of rotatable bonds is 10. The van der Waals surface area contributed by atoms with E-state index in [1.165, 1.54) is 14.2 Å². The van der Waals surface area contributed by atoms with E-state index in [1.807, 2.05) is 0 Å². The Morgan fingerprint density at radius 3 is 1.62 bits per heavy atom. The van der Waals surface area contributed by atoms with Crippen LogP contribution in [0.3, 0.4) is 0 Å². The van der Waals surface area contributed by atoms with E-state index >= 15 is 0 Å². The highest BCUT2D eigenvalue weighted by atomic mass is 16.8. The molecule has 0 aromatic heterocycles. The van der Waals surface area contributed by atoms with E-state index < -0.39 is 123 Å². The van der Waals surface area contributed by atoms with Gasteiger partial charge in [0.2, 0.25) is 0 Å². The molecule has 19 nitrogen and oxygen atoms in total. The maximum Gasteiger partial charge on any atom is 0.187 e. The Morgan fingerprint density at radius 2 is 0.978 bits per heavy atom. The van der Waals surface area contributed by atoms with Crippen LogP contribution in [-0.2, 0) is 52.1 Å². The van der Waals surface area contributed by atoms with Crippen LogP contribution in [0, 0.1) is 0 Å². The van der Waals surface area contributed by atoms with Crippen molar-refractivity contribution < 1.29 is 93.0 Å². The molecule has 6 fully saturated rings. The zero-order valence-corrected chi connectivity index (χ0v) is 24.4. The summed E-state index contributed by atoms with van der Waals surface area (Å²) in [5.41, 5.74) is 0. The second-order valence-electron chi connectivity index (χ2n) is 11.9. The van der Waals surface area contributed by atoms with E-state index in [1.54, 1.807) is 0 Å². The Kier molecular flexibility index (Phi) is 10.6. The average Bonchev–Trinajstić information content (AvgIpc) is 3.47. The first-order valence-corrected chi connectivity index (χ1v) is 14.8. The summed E-state index contributed by atoms with van der Waals surface area (Å²) < 4.78 is 61.3. The van der Waals surface area contributed by atoms with Gasteiger partial charge in [0, 0.05) is 14.2 Å². The predicted molar refractivity (Wildman–Crippen MR) is 137 cm³/mol. The van der Waals surface area contributed by atoms with E-state index in [0.29, 0.717) is 0 Å². The second-order valence-corrected chi connectivity index (χ2v) is 11.9. The number of aliphatic hydroxyl groups excluding tert-OH is 8. The first-order chi connectivity index (χ1) is 21.5. The minimum absolute atomic E-state index is 0.0257. The van der Waals surface area contributed by atoms with E-state index in [2.05, 4.69) is 0 Å². The smallest absolute Gasteiger partial charge is 0.187 e. The minimum atomic E-state index is -1.70. The van der Waals surface area contributed by atoms with Crippen molar-refractivity contribution in [1.82, 2.24) is 0 Å². The fourth-order valence-corrected chi connectivity index (χ4v) is 6.58. The van der Waals surface area contributed by atoms with E-state index in [4.69, 9.17) is 52.1 Å². The molecular weight excluding hydrogens is 616 g/mol. The Labute approximate surface area is 256 Å². The third-order valence-corrected chi connectivity index (χ3v) is 9.00. The van der Waals surface area contributed by atoms with Gasteiger partial charge in [-0.2, -0.15) is 0 Å². The molecule has 6 aliphatic heterocycles. The van der Waals surface area contributed by atoms with Gasteiger partial charge in [0.25, 0.3) is 0 Å². The second kappa shape index (κ2) is 14.0. The lowest BCUT2D eigenvalue weighted by Crippen LogP contribution is -2.65.